The summed E-state index contributed by atoms with van der Waals surface area (Å²) in [5, 5.41) is 3.27. The lowest BCUT2D eigenvalue weighted by Gasteiger charge is -2.13. The second-order valence-corrected chi connectivity index (χ2v) is 5.01. The molecule has 1 fully saturated rings. The molecule has 1 atom stereocenters. The maximum Gasteiger partial charge on any atom is 0.160 e. The third kappa shape index (κ3) is 3.11. The summed E-state index contributed by atoms with van der Waals surface area (Å²) in [4.78, 5) is 13.2. The van der Waals surface area contributed by atoms with Gasteiger partial charge in [0, 0.05) is 30.5 Å². The standard InChI is InChI=1S/C15H18N4O2/c1-10-7-14(18-12-3-5-16-8-13(12)20-2)19-15(17-10)11-4-6-21-9-11/h3,5,7-8,11H,4,6,9H2,1-2H3,(H,16,17,18,19). The van der Waals surface area contributed by atoms with Gasteiger partial charge in [0.25, 0.3) is 0 Å². The van der Waals surface area contributed by atoms with E-state index in [-0.39, 0.29) is 5.92 Å². The van der Waals surface area contributed by atoms with Gasteiger partial charge in [-0.2, -0.15) is 0 Å². The van der Waals surface area contributed by atoms with Crippen LogP contribution in [0.15, 0.2) is 24.5 Å². The molecule has 0 spiro atoms. The highest BCUT2D eigenvalue weighted by atomic mass is 16.5. The largest absolute Gasteiger partial charge is 0.493 e. The number of methoxy groups -OCH3 is 1. The lowest BCUT2D eigenvalue weighted by molar-refractivity contribution is 0.193. The van der Waals surface area contributed by atoms with E-state index in [1.165, 1.54) is 0 Å². The van der Waals surface area contributed by atoms with Crippen LogP contribution in [0.3, 0.4) is 0 Å². The predicted molar refractivity (Wildman–Crippen MR) is 79.0 cm³/mol. The van der Waals surface area contributed by atoms with E-state index in [4.69, 9.17) is 9.47 Å². The Labute approximate surface area is 123 Å². The maximum atomic E-state index is 5.42. The van der Waals surface area contributed by atoms with Gasteiger partial charge in [-0.05, 0) is 19.4 Å². The summed E-state index contributed by atoms with van der Waals surface area (Å²) in [5.74, 6) is 2.56. The van der Waals surface area contributed by atoms with E-state index in [1.807, 2.05) is 19.1 Å². The second kappa shape index (κ2) is 6.05. The van der Waals surface area contributed by atoms with Crippen molar-refractivity contribution in [3.8, 4) is 5.75 Å². The molecule has 3 rings (SSSR count). The van der Waals surface area contributed by atoms with Crippen molar-refractivity contribution in [1.82, 2.24) is 15.0 Å². The van der Waals surface area contributed by atoms with E-state index in [9.17, 15) is 0 Å². The highest BCUT2D eigenvalue weighted by molar-refractivity contribution is 5.63. The summed E-state index contributed by atoms with van der Waals surface area (Å²) < 4.78 is 10.7. The van der Waals surface area contributed by atoms with Crippen molar-refractivity contribution in [2.75, 3.05) is 25.6 Å². The molecule has 2 aromatic heterocycles. The van der Waals surface area contributed by atoms with Gasteiger partial charge in [0.05, 0.1) is 25.6 Å². The molecule has 1 saturated heterocycles. The maximum absolute atomic E-state index is 5.42. The topological polar surface area (TPSA) is 69.2 Å². The van der Waals surface area contributed by atoms with Crippen molar-refractivity contribution in [2.45, 2.75) is 19.3 Å². The molecule has 0 saturated carbocycles. The van der Waals surface area contributed by atoms with E-state index >= 15 is 0 Å². The number of aromatic nitrogens is 3. The zero-order valence-corrected chi connectivity index (χ0v) is 12.2. The van der Waals surface area contributed by atoms with Gasteiger partial charge in [-0.3, -0.25) is 4.98 Å². The molecule has 0 aromatic carbocycles. The van der Waals surface area contributed by atoms with Crippen molar-refractivity contribution >= 4 is 11.5 Å². The van der Waals surface area contributed by atoms with Crippen molar-refractivity contribution in [3.05, 3.63) is 36.0 Å². The minimum atomic E-state index is 0.282. The molecule has 1 aliphatic rings. The molecule has 0 amide bonds. The molecule has 3 heterocycles. The number of rotatable bonds is 4. The molecule has 1 N–H and O–H groups in total. The van der Waals surface area contributed by atoms with Gasteiger partial charge in [-0.1, -0.05) is 0 Å². The van der Waals surface area contributed by atoms with Crippen LogP contribution in [-0.4, -0.2) is 35.3 Å². The Bertz CT molecular complexity index is 627. The minimum absolute atomic E-state index is 0.282. The van der Waals surface area contributed by atoms with E-state index < -0.39 is 0 Å². The predicted octanol–water partition coefficient (Wildman–Crippen LogP) is 2.44. The summed E-state index contributed by atoms with van der Waals surface area (Å²) in [7, 11) is 1.62. The second-order valence-electron chi connectivity index (χ2n) is 5.01. The first-order chi connectivity index (χ1) is 10.3. The quantitative estimate of drug-likeness (QED) is 0.931. The number of nitrogens with one attached hydrogen (secondary N) is 1. The van der Waals surface area contributed by atoms with Crippen LogP contribution in [0.5, 0.6) is 5.75 Å². The van der Waals surface area contributed by atoms with Crippen LogP contribution in [0.1, 0.15) is 23.9 Å². The number of aryl methyl sites for hydroxylation is 1. The number of hydrogen-bond donors (Lipinski definition) is 1. The van der Waals surface area contributed by atoms with E-state index in [0.717, 1.165) is 36.1 Å². The molecule has 1 aliphatic heterocycles. The number of hydrogen-bond acceptors (Lipinski definition) is 6. The van der Waals surface area contributed by atoms with Crippen LogP contribution < -0.4 is 10.1 Å². The number of anilines is 2. The van der Waals surface area contributed by atoms with Crippen molar-refractivity contribution < 1.29 is 9.47 Å². The fourth-order valence-electron chi connectivity index (χ4n) is 2.36. The van der Waals surface area contributed by atoms with Crippen molar-refractivity contribution in [2.24, 2.45) is 0 Å². The Morgan fingerprint density at radius 2 is 2.29 bits per heavy atom. The molecular formula is C15H18N4O2. The molecule has 21 heavy (non-hydrogen) atoms. The minimum Gasteiger partial charge on any atom is -0.493 e. The molecular weight excluding hydrogens is 268 g/mol. The summed E-state index contributed by atoms with van der Waals surface area (Å²) in [6, 6.07) is 3.77. The number of ether oxygens (including phenoxy) is 2. The Hall–Kier alpha value is -2.21. The SMILES string of the molecule is COc1cnccc1Nc1cc(C)nc(C2CCOC2)n1. The highest BCUT2D eigenvalue weighted by Gasteiger charge is 2.21. The summed E-state index contributed by atoms with van der Waals surface area (Å²) in [6.45, 7) is 3.44. The first kappa shape index (κ1) is 13.8. The molecule has 6 nitrogen and oxygen atoms in total. The van der Waals surface area contributed by atoms with Crippen LogP contribution in [0, 0.1) is 6.92 Å². The Kier molecular flexibility index (Phi) is 3.96. The van der Waals surface area contributed by atoms with Crippen molar-refractivity contribution in [3.63, 3.8) is 0 Å². The average Bonchev–Trinajstić information content (AvgIpc) is 3.01. The first-order valence-corrected chi connectivity index (χ1v) is 6.94. The van der Waals surface area contributed by atoms with Crippen LogP contribution in [0.25, 0.3) is 0 Å². The molecule has 0 aliphatic carbocycles. The van der Waals surface area contributed by atoms with Gasteiger partial charge in [0.2, 0.25) is 0 Å². The summed E-state index contributed by atoms with van der Waals surface area (Å²) in [5.41, 5.74) is 1.77. The molecule has 0 radical (unpaired) electrons. The first-order valence-electron chi connectivity index (χ1n) is 6.94. The van der Waals surface area contributed by atoms with Gasteiger partial charge in [0.15, 0.2) is 5.75 Å². The summed E-state index contributed by atoms with van der Waals surface area (Å²) >= 11 is 0. The lowest BCUT2D eigenvalue weighted by Crippen LogP contribution is -2.08. The van der Waals surface area contributed by atoms with Gasteiger partial charge in [0.1, 0.15) is 11.6 Å². The van der Waals surface area contributed by atoms with E-state index in [0.29, 0.717) is 12.4 Å². The van der Waals surface area contributed by atoms with Gasteiger partial charge < -0.3 is 14.8 Å². The third-order valence-corrected chi connectivity index (χ3v) is 3.43. The monoisotopic (exact) mass is 286 g/mol. The van der Waals surface area contributed by atoms with Gasteiger partial charge in [-0.15, -0.1) is 0 Å². The zero-order chi connectivity index (χ0) is 14.7. The van der Waals surface area contributed by atoms with Crippen LogP contribution in [-0.2, 0) is 4.74 Å². The van der Waals surface area contributed by atoms with Crippen molar-refractivity contribution in [1.29, 1.82) is 0 Å². The molecule has 6 heteroatoms. The molecule has 1 unspecified atom stereocenters. The Balaban J connectivity index is 1.88. The fourth-order valence-corrected chi connectivity index (χ4v) is 2.36. The third-order valence-electron chi connectivity index (χ3n) is 3.43. The normalized spacial score (nSPS) is 17.7. The highest BCUT2D eigenvalue weighted by Crippen LogP contribution is 2.27. The zero-order valence-electron chi connectivity index (χ0n) is 12.2. The lowest BCUT2D eigenvalue weighted by atomic mass is 10.1. The van der Waals surface area contributed by atoms with Crippen LogP contribution in [0.4, 0.5) is 11.5 Å². The average molecular weight is 286 g/mol. The number of pyridine rings is 1. The van der Waals surface area contributed by atoms with E-state index in [1.54, 1.807) is 19.5 Å². The molecule has 0 bridgehead atoms. The van der Waals surface area contributed by atoms with Gasteiger partial charge in [-0.25, -0.2) is 9.97 Å². The smallest absolute Gasteiger partial charge is 0.160 e. The van der Waals surface area contributed by atoms with E-state index in [2.05, 4.69) is 20.3 Å². The number of nitrogens with zero attached hydrogens (tertiary/aromatic N) is 3. The fraction of sp³-hybridized carbons (Fsp3) is 0.400. The van der Waals surface area contributed by atoms with Crippen LogP contribution >= 0.6 is 0 Å². The van der Waals surface area contributed by atoms with Crippen LogP contribution in [0.2, 0.25) is 0 Å². The molecule has 2 aromatic rings. The van der Waals surface area contributed by atoms with Gasteiger partial charge >= 0.3 is 0 Å². The Morgan fingerprint density at radius 1 is 1.38 bits per heavy atom. The molecule has 110 valence electrons. The summed E-state index contributed by atoms with van der Waals surface area (Å²) in [6.07, 6.45) is 4.36. The Morgan fingerprint density at radius 3 is 3.05 bits per heavy atom.